The topological polar surface area (TPSA) is 61.0 Å². The summed E-state index contributed by atoms with van der Waals surface area (Å²) in [7, 11) is 0. The number of H-pyrrole nitrogens is 1. The van der Waals surface area contributed by atoms with Crippen molar-refractivity contribution in [3.8, 4) is 0 Å². The Bertz CT molecular complexity index is 465. The van der Waals surface area contributed by atoms with E-state index in [9.17, 15) is 18.0 Å². The van der Waals surface area contributed by atoms with Gasteiger partial charge in [0.1, 0.15) is 5.82 Å². The minimum atomic E-state index is -4.59. The number of aromatic amines is 1. The van der Waals surface area contributed by atoms with E-state index in [1.807, 2.05) is 4.90 Å². The molecule has 0 unspecified atom stereocenters. The summed E-state index contributed by atoms with van der Waals surface area (Å²) >= 11 is 0. The highest BCUT2D eigenvalue weighted by molar-refractivity contribution is 5.06. The molecule has 1 aliphatic heterocycles. The summed E-state index contributed by atoms with van der Waals surface area (Å²) in [6.45, 7) is 3.23. The van der Waals surface area contributed by atoms with Gasteiger partial charge in [0.25, 0.3) is 5.56 Å². The van der Waals surface area contributed by atoms with Gasteiger partial charge in [0, 0.05) is 32.2 Å². The lowest BCUT2D eigenvalue weighted by atomic mass is 10.3. The van der Waals surface area contributed by atoms with Crippen molar-refractivity contribution in [2.75, 3.05) is 26.2 Å². The van der Waals surface area contributed by atoms with E-state index in [1.54, 1.807) is 0 Å². The molecule has 0 atom stereocenters. The van der Waals surface area contributed by atoms with Gasteiger partial charge in [-0.3, -0.25) is 9.69 Å². The van der Waals surface area contributed by atoms with Crippen LogP contribution in [-0.4, -0.2) is 41.0 Å². The SMILES string of the molecule is O=c1cc(C(F)(F)F)nc(CN2CCNCC2)[nH]1. The molecule has 2 heterocycles. The predicted molar refractivity (Wildman–Crippen MR) is 58.0 cm³/mol. The molecule has 2 rings (SSSR count). The molecule has 0 radical (unpaired) electrons. The molecule has 0 aromatic carbocycles. The zero-order chi connectivity index (χ0) is 13.2. The van der Waals surface area contributed by atoms with E-state index < -0.39 is 17.4 Å². The van der Waals surface area contributed by atoms with Crippen molar-refractivity contribution in [2.45, 2.75) is 12.7 Å². The fourth-order valence-corrected chi connectivity index (χ4v) is 1.81. The Balaban J connectivity index is 2.17. The summed E-state index contributed by atoms with van der Waals surface area (Å²) < 4.78 is 37.5. The van der Waals surface area contributed by atoms with Gasteiger partial charge < -0.3 is 10.3 Å². The van der Waals surface area contributed by atoms with Gasteiger partial charge in [-0.25, -0.2) is 4.98 Å². The number of alkyl halides is 3. The third kappa shape index (κ3) is 3.30. The minimum Gasteiger partial charge on any atom is -0.314 e. The summed E-state index contributed by atoms with van der Waals surface area (Å²) in [5.74, 6) is 0.0525. The maximum absolute atomic E-state index is 12.5. The molecule has 1 aromatic rings. The van der Waals surface area contributed by atoms with Crippen LogP contribution in [0.2, 0.25) is 0 Å². The molecule has 1 saturated heterocycles. The molecule has 0 spiro atoms. The lowest BCUT2D eigenvalue weighted by Gasteiger charge is -2.26. The van der Waals surface area contributed by atoms with E-state index >= 15 is 0 Å². The smallest absolute Gasteiger partial charge is 0.314 e. The minimum absolute atomic E-state index is 0.0525. The van der Waals surface area contributed by atoms with Crippen LogP contribution in [0.1, 0.15) is 11.5 Å². The van der Waals surface area contributed by atoms with Crippen LogP contribution >= 0.6 is 0 Å². The average molecular weight is 262 g/mol. The summed E-state index contributed by atoms with van der Waals surface area (Å²) in [6, 6.07) is 0.473. The normalized spacial score (nSPS) is 17.9. The second-order valence-corrected chi connectivity index (χ2v) is 4.10. The van der Waals surface area contributed by atoms with Gasteiger partial charge in [0.15, 0.2) is 5.69 Å². The molecule has 100 valence electrons. The number of hydrogen-bond acceptors (Lipinski definition) is 4. The molecule has 5 nitrogen and oxygen atoms in total. The fourth-order valence-electron chi connectivity index (χ4n) is 1.81. The fraction of sp³-hybridized carbons (Fsp3) is 0.600. The van der Waals surface area contributed by atoms with Gasteiger partial charge in [-0.05, 0) is 0 Å². The Morgan fingerprint density at radius 2 is 2.00 bits per heavy atom. The van der Waals surface area contributed by atoms with E-state index in [-0.39, 0.29) is 12.4 Å². The highest BCUT2D eigenvalue weighted by atomic mass is 19.4. The number of nitrogens with zero attached hydrogens (tertiary/aromatic N) is 2. The van der Waals surface area contributed by atoms with Crippen LogP contribution in [0.15, 0.2) is 10.9 Å². The van der Waals surface area contributed by atoms with Gasteiger partial charge in [-0.1, -0.05) is 0 Å². The van der Waals surface area contributed by atoms with Crippen molar-refractivity contribution in [3.63, 3.8) is 0 Å². The van der Waals surface area contributed by atoms with Crippen LogP contribution in [0.5, 0.6) is 0 Å². The summed E-state index contributed by atoms with van der Waals surface area (Å²) in [5.41, 5.74) is -1.92. The standard InChI is InChI=1S/C10H13F3N4O/c11-10(12,13)7-5-9(18)16-8(15-7)6-17-3-1-14-2-4-17/h5,14H,1-4,6H2,(H,15,16,18). The Labute approximate surface area is 101 Å². The Morgan fingerprint density at radius 1 is 1.33 bits per heavy atom. The highest BCUT2D eigenvalue weighted by Crippen LogP contribution is 2.26. The summed E-state index contributed by atoms with van der Waals surface area (Å²) in [5, 5.41) is 3.13. The van der Waals surface area contributed by atoms with Crippen LogP contribution in [0.3, 0.4) is 0 Å². The van der Waals surface area contributed by atoms with Gasteiger partial charge >= 0.3 is 6.18 Å². The first kappa shape index (κ1) is 13.0. The zero-order valence-corrected chi connectivity index (χ0v) is 9.55. The number of piperazine rings is 1. The predicted octanol–water partition coefficient (Wildman–Crippen LogP) is 0.194. The monoisotopic (exact) mass is 262 g/mol. The number of halogens is 3. The first-order valence-corrected chi connectivity index (χ1v) is 5.55. The maximum atomic E-state index is 12.5. The third-order valence-electron chi connectivity index (χ3n) is 2.66. The quantitative estimate of drug-likeness (QED) is 0.799. The largest absolute Gasteiger partial charge is 0.433 e. The first-order chi connectivity index (χ1) is 8.45. The highest BCUT2D eigenvalue weighted by Gasteiger charge is 2.33. The number of nitrogens with one attached hydrogen (secondary N) is 2. The molecule has 0 amide bonds. The molecule has 0 bridgehead atoms. The molecular weight excluding hydrogens is 249 g/mol. The zero-order valence-electron chi connectivity index (χ0n) is 9.55. The lowest BCUT2D eigenvalue weighted by molar-refractivity contribution is -0.141. The van der Waals surface area contributed by atoms with Gasteiger partial charge in [-0.2, -0.15) is 13.2 Å². The van der Waals surface area contributed by atoms with E-state index in [4.69, 9.17) is 0 Å². The van der Waals surface area contributed by atoms with Gasteiger partial charge in [0.2, 0.25) is 0 Å². The summed E-state index contributed by atoms with van der Waals surface area (Å²) in [4.78, 5) is 18.9. The second-order valence-electron chi connectivity index (χ2n) is 4.10. The van der Waals surface area contributed by atoms with Crippen molar-refractivity contribution in [1.29, 1.82) is 0 Å². The maximum Gasteiger partial charge on any atom is 0.433 e. The van der Waals surface area contributed by atoms with Gasteiger partial charge in [-0.15, -0.1) is 0 Å². The Kier molecular flexibility index (Phi) is 3.67. The van der Waals surface area contributed by atoms with Crippen molar-refractivity contribution in [3.05, 3.63) is 27.9 Å². The van der Waals surface area contributed by atoms with Crippen LogP contribution in [-0.2, 0) is 12.7 Å². The van der Waals surface area contributed by atoms with Crippen LogP contribution in [0.25, 0.3) is 0 Å². The van der Waals surface area contributed by atoms with E-state index in [0.29, 0.717) is 6.07 Å². The van der Waals surface area contributed by atoms with Crippen LogP contribution in [0.4, 0.5) is 13.2 Å². The molecule has 8 heteroatoms. The summed E-state index contributed by atoms with van der Waals surface area (Å²) in [6.07, 6.45) is -4.59. The third-order valence-corrected chi connectivity index (χ3v) is 2.66. The van der Waals surface area contributed by atoms with Gasteiger partial charge in [0.05, 0.1) is 6.54 Å². The van der Waals surface area contributed by atoms with Crippen molar-refractivity contribution in [2.24, 2.45) is 0 Å². The molecule has 0 saturated carbocycles. The lowest BCUT2D eigenvalue weighted by Crippen LogP contribution is -2.43. The van der Waals surface area contributed by atoms with E-state index in [1.165, 1.54) is 0 Å². The number of hydrogen-bond donors (Lipinski definition) is 2. The number of rotatable bonds is 2. The molecule has 18 heavy (non-hydrogen) atoms. The van der Waals surface area contributed by atoms with Crippen molar-refractivity contribution in [1.82, 2.24) is 20.2 Å². The number of aromatic nitrogens is 2. The molecule has 1 fully saturated rings. The van der Waals surface area contributed by atoms with E-state index in [0.717, 1.165) is 26.2 Å². The Hall–Kier alpha value is -1.41. The van der Waals surface area contributed by atoms with Crippen molar-refractivity contribution >= 4 is 0 Å². The molecule has 2 N–H and O–H groups in total. The molecule has 0 aliphatic carbocycles. The van der Waals surface area contributed by atoms with Crippen LogP contribution < -0.4 is 10.9 Å². The van der Waals surface area contributed by atoms with Crippen LogP contribution in [0, 0.1) is 0 Å². The molecule has 1 aromatic heterocycles. The Morgan fingerprint density at radius 3 is 2.61 bits per heavy atom. The first-order valence-electron chi connectivity index (χ1n) is 5.55. The second kappa shape index (κ2) is 5.07. The van der Waals surface area contributed by atoms with Crippen molar-refractivity contribution < 1.29 is 13.2 Å². The average Bonchev–Trinajstić information content (AvgIpc) is 2.28. The molecule has 1 aliphatic rings. The van der Waals surface area contributed by atoms with E-state index in [2.05, 4.69) is 15.3 Å². The molecular formula is C10H13F3N4O.